The summed E-state index contributed by atoms with van der Waals surface area (Å²) in [6.45, 7) is 2.23. The molecule has 0 aliphatic heterocycles. The van der Waals surface area contributed by atoms with Gasteiger partial charge in [-0.25, -0.2) is 8.78 Å². The van der Waals surface area contributed by atoms with Gasteiger partial charge in [-0.1, -0.05) is 69.0 Å². The molecule has 0 saturated heterocycles. The van der Waals surface area contributed by atoms with Gasteiger partial charge < -0.3 is 0 Å². The first-order chi connectivity index (χ1) is 16.0. The molecule has 0 atom stereocenters. The minimum absolute atomic E-state index is 0.161. The zero-order chi connectivity index (χ0) is 23.4. The predicted molar refractivity (Wildman–Crippen MR) is 128 cm³/mol. The van der Waals surface area contributed by atoms with Crippen LogP contribution in [0.15, 0.2) is 54.6 Å². The highest BCUT2D eigenvalue weighted by atomic mass is 19.3. The highest BCUT2D eigenvalue weighted by molar-refractivity contribution is 5.89. The van der Waals surface area contributed by atoms with E-state index in [1.165, 1.54) is 50.7 Å². The molecule has 1 aliphatic carbocycles. The summed E-state index contributed by atoms with van der Waals surface area (Å²) in [5, 5.41) is 0.785. The van der Waals surface area contributed by atoms with Crippen LogP contribution in [-0.4, -0.2) is 0 Å². The van der Waals surface area contributed by atoms with Gasteiger partial charge >= 0.3 is 0 Å². The Labute approximate surface area is 193 Å². The molecule has 4 rings (SSSR count). The largest absolute Gasteiger partial charge is 0.271 e. The number of fused-ring (bicyclic) bond motifs is 1. The molecule has 1 saturated carbocycles. The van der Waals surface area contributed by atoms with E-state index in [0.717, 1.165) is 24.3 Å². The van der Waals surface area contributed by atoms with Crippen molar-refractivity contribution in [1.29, 1.82) is 0 Å². The van der Waals surface area contributed by atoms with Gasteiger partial charge in [0.2, 0.25) is 0 Å². The number of halogens is 4. The van der Waals surface area contributed by atoms with Crippen molar-refractivity contribution in [3.05, 3.63) is 77.4 Å². The smallest absolute Gasteiger partial charge is 0.206 e. The van der Waals surface area contributed by atoms with E-state index in [1.807, 2.05) is 12.1 Å². The third-order valence-corrected chi connectivity index (χ3v) is 7.09. The standard InChI is InChI=1S/C29H30F4/c1-2-3-4-5-19-6-8-20(9-7-19)21-12-14-25(27(30)17-21)22-13-15-26-23(16-22)10-11-24(29(26)33)18-28(31)32/h10-20H,2-9H2,1H3. The van der Waals surface area contributed by atoms with E-state index in [4.69, 9.17) is 0 Å². The molecular weight excluding hydrogens is 424 g/mol. The maximum atomic E-state index is 15.1. The molecule has 1 aliphatic rings. The lowest BCUT2D eigenvalue weighted by atomic mass is 9.77. The highest BCUT2D eigenvalue weighted by Gasteiger charge is 2.23. The Morgan fingerprint density at radius 3 is 2.39 bits per heavy atom. The van der Waals surface area contributed by atoms with E-state index >= 15 is 4.39 Å². The first kappa shape index (κ1) is 23.5. The van der Waals surface area contributed by atoms with Crippen LogP contribution in [-0.2, 0) is 0 Å². The summed E-state index contributed by atoms with van der Waals surface area (Å²) in [6.07, 6.45) is 8.42. The van der Waals surface area contributed by atoms with Gasteiger partial charge in [0.05, 0.1) is 0 Å². The van der Waals surface area contributed by atoms with Gasteiger partial charge in [0.25, 0.3) is 6.08 Å². The predicted octanol–water partition coefficient (Wildman–Crippen LogP) is 9.88. The maximum Gasteiger partial charge on any atom is 0.271 e. The molecule has 0 heterocycles. The lowest BCUT2D eigenvalue weighted by Gasteiger charge is -2.29. The molecule has 0 spiro atoms. The van der Waals surface area contributed by atoms with Crippen molar-refractivity contribution < 1.29 is 17.6 Å². The van der Waals surface area contributed by atoms with Gasteiger partial charge in [-0.3, -0.25) is 0 Å². The van der Waals surface area contributed by atoms with Crippen LogP contribution in [0.5, 0.6) is 0 Å². The van der Waals surface area contributed by atoms with Gasteiger partial charge in [0.1, 0.15) is 11.6 Å². The van der Waals surface area contributed by atoms with Crippen LogP contribution in [0.2, 0.25) is 0 Å². The number of rotatable bonds is 7. The van der Waals surface area contributed by atoms with E-state index in [-0.39, 0.29) is 16.8 Å². The lowest BCUT2D eigenvalue weighted by molar-refractivity contribution is 0.302. The molecule has 0 aromatic heterocycles. The second kappa shape index (κ2) is 10.5. The quantitative estimate of drug-likeness (QED) is 0.246. The Bertz CT molecular complexity index is 1140. The van der Waals surface area contributed by atoms with Crippen molar-refractivity contribution in [2.75, 3.05) is 0 Å². The molecule has 0 unspecified atom stereocenters. The molecule has 4 heteroatoms. The van der Waals surface area contributed by atoms with Crippen LogP contribution < -0.4 is 0 Å². The second-order valence-corrected chi connectivity index (χ2v) is 9.29. The molecule has 1 fully saturated rings. The molecule has 3 aromatic carbocycles. The summed E-state index contributed by atoms with van der Waals surface area (Å²) in [5.74, 6) is 0.237. The van der Waals surface area contributed by atoms with Crippen molar-refractivity contribution in [3.8, 4) is 11.1 Å². The van der Waals surface area contributed by atoms with Crippen molar-refractivity contribution in [2.45, 2.75) is 64.2 Å². The first-order valence-corrected chi connectivity index (χ1v) is 12.0. The van der Waals surface area contributed by atoms with Crippen LogP contribution in [0.3, 0.4) is 0 Å². The van der Waals surface area contributed by atoms with Crippen LogP contribution >= 0.6 is 0 Å². The van der Waals surface area contributed by atoms with Crippen LogP contribution in [0, 0.1) is 17.6 Å². The lowest BCUT2D eigenvalue weighted by Crippen LogP contribution is -2.13. The normalized spacial score (nSPS) is 18.5. The summed E-state index contributed by atoms with van der Waals surface area (Å²) in [4.78, 5) is 0. The molecule has 0 nitrogen and oxygen atoms in total. The highest BCUT2D eigenvalue weighted by Crippen LogP contribution is 2.39. The monoisotopic (exact) mass is 454 g/mol. The number of hydrogen-bond acceptors (Lipinski definition) is 0. The fraction of sp³-hybridized carbons (Fsp3) is 0.379. The van der Waals surface area contributed by atoms with Crippen LogP contribution in [0.25, 0.3) is 28.0 Å². The van der Waals surface area contributed by atoms with E-state index in [9.17, 15) is 13.2 Å². The molecule has 174 valence electrons. The first-order valence-electron chi connectivity index (χ1n) is 12.0. The topological polar surface area (TPSA) is 0 Å². The summed E-state index contributed by atoms with van der Waals surface area (Å²) in [6, 6.07) is 13.3. The zero-order valence-electron chi connectivity index (χ0n) is 19.0. The van der Waals surface area contributed by atoms with Gasteiger partial charge in [-0.05, 0) is 66.2 Å². The third-order valence-electron chi connectivity index (χ3n) is 7.09. The summed E-state index contributed by atoms with van der Waals surface area (Å²) >= 11 is 0. The van der Waals surface area contributed by atoms with Gasteiger partial charge in [-0.2, -0.15) is 8.78 Å². The minimum Gasteiger partial charge on any atom is -0.206 e. The maximum absolute atomic E-state index is 15.1. The Balaban J connectivity index is 1.51. The summed E-state index contributed by atoms with van der Waals surface area (Å²) in [5.41, 5.74) is 2.00. The Kier molecular flexibility index (Phi) is 7.52. The van der Waals surface area contributed by atoms with Gasteiger partial charge in [0, 0.05) is 22.6 Å². The third kappa shape index (κ3) is 5.48. The number of hydrogen-bond donors (Lipinski definition) is 0. The van der Waals surface area contributed by atoms with Crippen molar-refractivity contribution in [2.24, 2.45) is 5.92 Å². The average molecular weight is 455 g/mol. The van der Waals surface area contributed by atoms with Crippen LogP contribution in [0.4, 0.5) is 17.6 Å². The van der Waals surface area contributed by atoms with Gasteiger partial charge in [-0.15, -0.1) is 0 Å². The second-order valence-electron chi connectivity index (χ2n) is 9.29. The summed E-state index contributed by atoms with van der Waals surface area (Å²) < 4.78 is 54.7. The minimum atomic E-state index is -1.95. The van der Waals surface area contributed by atoms with E-state index in [2.05, 4.69) is 6.92 Å². The molecule has 33 heavy (non-hydrogen) atoms. The van der Waals surface area contributed by atoms with Crippen LogP contribution in [0.1, 0.15) is 75.3 Å². The average Bonchev–Trinajstić information content (AvgIpc) is 2.81. The van der Waals surface area contributed by atoms with Gasteiger partial charge in [0.15, 0.2) is 0 Å². The van der Waals surface area contributed by atoms with E-state index in [1.54, 1.807) is 24.3 Å². The molecular formula is C29H30F4. The Morgan fingerprint density at radius 2 is 1.70 bits per heavy atom. The number of benzene rings is 3. The Hall–Kier alpha value is -2.62. The molecule has 0 radical (unpaired) electrons. The van der Waals surface area contributed by atoms with E-state index in [0.29, 0.717) is 28.5 Å². The molecule has 0 N–H and O–H groups in total. The summed E-state index contributed by atoms with van der Waals surface area (Å²) in [7, 11) is 0. The Morgan fingerprint density at radius 1 is 0.909 bits per heavy atom. The fourth-order valence-electron chi connectivity index (χ4n) is 5.19. The molecule has 3 aromatic rings. The van der Waals surface area contributed by atoms with Crippen molar-refractivity contribution in [3.63, 3.8) is 0 Å². The van der Waals surface area contributed by atoms with Crippen molar-refractivity contribution >= 4 is 16.8 Å². The molecule has 0 amide bonds. The van der Waals surface area contributed by atoms with Crippen molar-refractivity contribution in [1.82, 2.24) is 0 Å². The van der Waals surface area contributed by atoms with E-state index < -0.39 is 11.9 Å². The zero-order valence-corrected chi connectivity index (χ0v) is 19.0. The molecule has 0 bridgehead atoms. The number of unbranched alkanes of at least 4 members (excludes halogenated alkanes) is 2. The fourth-order valence-corrected chi connectivity index (χ4v) is 5.19. The SMILES string of the molecule is CCCCCC1CCC(c2ccc(-c3ccc4c(F)c(C=C(F)F)ccc4c3)c(F)c2)CC1.